The Bertz CT molecular complexity index is 672. The van der Waals surface area contributed by atoms with Crippen molar-refractivity contribution in [2.45, 2.75) is 31.6 Å². The molecule has 2 N–H and O–H groups in total. The Kier molecular flexibility index (Phi) is 4.90. The lowest BCUT2D eigenvalue weighted by atomic mass is 9.92. The topological polar surface area (TPSA) is 56.3 Å². The van der Waals surface area contributed by atoms with Crippen LogP contribution in [-0.2, 0) is 0 Å². The van der Waals surface area contributed by atoms with Crippen LogP contribution in [0, 0.1) is 0 Å². The number of likely N-dealkylation sites (tertiary alicyclic amines) is 1. The fourth-order valence-electron chi connectivity index (χ4n) is 3.37. The summed E-state index contributed by atoms with van der Waals surface area (Å²) in [6.07, 6.45) is 4.13. The van der Waals surface area contributed by atoms with Gasteiger partial charge in [0.2, 0.25) is 0 Å². The molecule has 4 heteroatoms. The SMILES string of the molecule is O=c1[nH]c(C2CCN(CCCCO)CC2)cc2ccccc12. The maximum absolute atomic E-state index is 12.2. The highest BCUT2D eigenvalue weighted by Gasteiger charge is 2.21. The van der Waals surface area contributed by atoms with Gasteiger partial charge in [-0.05, 0) is 62.8 Å². The summed E-state index contributed by atoms with van der Waals surface area (Å²) in [6, 6.07) is 9.92. The van der Waals surface area contributed by atoms with Crippen molar-refractivity contribution in [2.75, 3.05) is 26.2 Å². The molecular weight excluding hydrogens is 276 g/mol. The van der Waals surface area contributed by atoms with Gasteiger partial charge in [0.05, 0.1) is 0 Å². The molecule has 2 aromatic rings. The van der Waals surface area contributed by atoms with E-state index in [0.717, 1.165) is 61.8 Å². The second-order valence-corrected chi connectivity index (χ2v) is 6.19. The van der Waals surface area contributed by atoms with E-state index in [4.69, 9.17) is 5.11 Å². The molecule has 118 valence electrons. The number of nitrogens with one attached hydrogen (secondary N) is 1. The molecule has 2 heterocycles. The van der Waals surface area contributed by atoms with Crippen LogP contribution in [0.5, 0.6) is 0 Å². The van der Waals surface area contributed by atoms with E-state index in [1.807, 2.05) is 24.3 Å². The van der Waals surface area contributed by atoms with E-state index in [1.165, 1.54) is 0 Å². The number of fused-ring (bicyclic) bond motifs is 1. The van der Waals surface area contributed by atoms with Gasteiger partial charge in [-0.2, -0.15) is 0 Å². The molecule has 1 aromatic heterocycles. The Morgan fingerprint density at radius 1 is 1.18 bits per heavy atom. The number of rotatable bonds is 5. The maximum Gasteiger partial charge on any atom is 0.256 e. The lowest BCUT2D eigenvalue weighted by Crippen LogP contribution is -2.34. The molecule has 1 aliphatic heterocycles. The van der Waals surface area contributed by atoms with Crippen molar-refractivity contribution in [3.63, 3.8) is 0 Å². The largest absolute Gasteiger partial charge is 0.396 e. The molecular formula is C18H24N2O2. The standard InChI is InChI=1S/C18H24N2O2/c21-12-4-3-9-20-10-7-14(8-11-20)17-13-15-5-1-2-6-16(15)18(22)19-17/h1-2,5-6,13-14,21H,3-4,7-12H2,(H,19,22). The van der Waals surface area contributed by atoms with Crippen LogP contribution in [0.15, 0.2) is 35.1 Å². The molecule has 1 fully saturated rings. The first kappa shape index (κ1) is 15.3. The summed E-state index contributed by atoms with van der Waals surface area (Å²) < 4.78 is 0. The molecule has 0 spiro atoms. The van der Waals surface area contributed by atoms with Crippen LogP contribution in [0.2, 0.25) is 0 Å². The Morgan fingerprint density at radius 3 is 2.73 bits per heavy atom. The van der Waals surface area contributed by atoms with E-state index in [9.17, 15) is 4.79 Å². The van der Waals surface area contributed by atoms with Crippen LogP contribution in [0.1, 0.15) is 37.3 Å². The molecule has 0 aliphatic carbocycles. The predicted molar refractivity (Wildman–Crippen MR) is 89.3 cm³/mol. The minimum absolute atomic E-state index is 0.0264. The molecule has 0 bridgehead atoms. The number of hydrogen-bond donors (Lipinski definition) is 2. The van der Waals surface area contributed by atoms with Gasteiger partial charge in [-0.15, -0.1) is 0 Å². The van der Waals surface area contributed by atoms with Gasteiger partial charge in [0.25, 0.3) is 5.56 Å². The minimum Gasteiger partial charge on any atom is -0.396 e. The quantitative estimate of drug-likeness (QED) is 0.834. The summed E-state index contributed by atoms with van der Waals surface area (Å²) in [7, 11) is 0. The molecule has 1 aromatic carbocycles. The first-order valence-electron chi connectivity index (χ1n) is 8.23. The molecule has 4 nitrogen and oxygen atoms in total. The number of hydrogen-bond acceptors (Lipinski definition) is 3. The zero-order chi connectivity index (χ0) is 15.4. The zero-order valence-electron chi connectivity index (χ0n) is 12.9. The van der Waals surface area contributed by atoms with Crippen molar-refractivity contribution in [1.29, 1.82) is 0 Å². The molecule has 0 unspecified atom stereocenters. The highest BCUT2D eigenvalue weighted by molar-refractivity contribution is 5.81. The van der Waals surface area contributed by atoms with E-state index < -0.39 is 0 Å². The first-order valence-corrected chi connectivity index (χ1v) is 8.23. The van der Waals surface area contributed by atoms with Crippen molar-refractivity contribution < 1.29 is 5.11 Å². The molecule has 1 saturated heterocycles. The number of aromatic nitrogens is 1. The van der Waals surface area contributed by atoms with Crippen molar-refractivity contribution in [2.24, 2.45) is 0 Å². The van der Waals surface area contributed by atoms with E-state index in [0.29, 0.717) is 5.92 Å². The number of aliphatic hydroxyl groups is 1. The van der Waals surface area contributed by atoms with E-state index >= 15 is 0 Å². The Morgan fingerprint density at radius 2 is 1.95 bits per heavy atom. The molecule has 1 aliphatic rings. The van der Waals surface area contributed by atoms with Crippen molar-refractivity contribution in [3.8, 4) is 0 Å². The summed E-state index contributed by atoms with van der Waals surface area (Å²) in [6.45, 7) is 3.51. The summed E-state index contributed by atoms with van der Waals surface area (Å²) in [5.74, 6) is 0.450. The Labute approximate surface area is 130 Å². The van der Waals surface area contributed by atoms with Crippen LogP contribution in [0.25, 0.3) is 10.8 Å². The van der Waals surface area contributed by atoms with Gasteiger partial charge < -0.3 is 15.0 Å². The number of nitrogens with zero attached hydrogens (tertiary/aromatic N) is 1. The molecule has 3 rings (SSSR count). The van der Waals surface area contributed by atoms with Crippen LogP contribution in [-0.4, -0.2) is 41.2 Å². The smallest absolute Gasteiger partial charge is 0.256 e. The van der Waals surface area contributed by atoms with E-state index in [1.54, 1.807) is 0 Å². The van der Waals surface area contributed by atoms with Crippen molar-refractivity contribution in [1.82, 2.24) is 9.88 Å². The van der Waals surface area contributed by atoms with Crippen LogP contribution >= 0.6 is 0 Å². The average molecular weight is 300 g/mol. The van der Waals surface area contributed by atoms with Crippen molar-refractivity contribution >= 4 is 10.8 Å². The number of H-pyrrole nitrogens is 1. The van der Waals surface area contributed by atoms with Gasteiger partial charge in [0.15, 0.2) is 0 Å². The van der Waals surface area contributed by atoms with E-state index in [-0.39, 0.29) is 12.2 Å². The van der Waals surface area contributed by atoms with Crippen molar-refractivity contribution in [3.05, 3.63) is 46.4 Å². The van der Waals surface area contributed by atoms with Crippen LogP contribution in [0.4, 0.5) is 0 Å². The number of unbranched alkanes of at least 4 members (excludes halogenated alkanes) is 1. The van der Waals surface area contributed by atoms with Gasteiger partial charge >= 0.3 is 0 Å². The summed E-state index contributed by atoms with van der Waals surface area (Å²) in [5, 5.41) is 10.7. The number of aliphatic hydroxyl groups excluding tert-OH is 1. The van der Waals surface area contributed by atoms with Gasteiger partial charge in [0.1, 0.15) is 0 Å². The van der Waals surface area contributed by atoms with E-state index in [2.05, 4.69) is 16.0 Å². The number of aromatic amines is 1. The normalized spacial score (nSPS) is 17.1. The fraction of sp³-hybridized carbons (Fsp3) is 0.500. The van der Waals surface area contributed by atoms with Gasteiger partial charge in [-0.3, -0.25) is 4.79 Å². The monoisotopic (exact) mass is 300 g/mol. The molecule has 22 heavy (non-hydrogen) atoms. The number of benzene rings is 1. The number of pyridine rings is 1. The second kappa shape index (κ2) is 7.07. The molecule has 0 saturated carbocycles. The molecule has 0 atom stereocenters. The second-order valence-electron chi connectivity index (χ2n) is 6.19. The number of piperidine rings is 1. The predicted octanol–water partition coefficient (Wildman–Crippen LogP) is 2.48. The summed E-state index contributed by atoms with van der Waals surface area (Å²) in [4.78, 5) is 17.7. The summed E-state index contributed by atoms with van der Waals surface area (Å²) >= 11 is 0. The highest BCUT2D eigenvalue weighted by atomic mass is 16.2. The fourth-order valence-corrected chi connectivity index (χ4v) is 3.37. The van der Waals surface area contributed by atoms with Gasteiger partial charge in [0, 0.05) is 23.6 Å². The zero-order valence-corrected chi connectivity index (χ0v) is 12.9. The highest BCUT2D eigenvalue weighted by Crippen LogP contribution is 2.27. The minimum atomic E-state index is 0.0264. The molecule has 0 amide bonds. The molecule has 0 radical (unpaired) electrons. The lowest BCUT2D eigenvalue weighted by Gasteiger charge is -2.32. The first-order chi connectivity index (χ1) is 10.8. The van der Waals surface area contributed by atoms with Crippen LogP contribution < -0.4 is 5.56 Å². The lowest BCUT2D eigenvalue weighted by molar-refractivity contribution is 0.198. The third kappa shape index (κ3) is 3.39. The van der Waals surface area contributed by atoms with Gasteiger partial charge in [-0.25, -0.2) is 0 Å². The van der Waals surface area contributed by atoms with Gasteiger partial charge in [-0.1, -0.05) is 18.2 Å². The third-order valence-corrected chi connectivity index (χ3v) is 4.68. The Hall–Kier alpha value is -1.65. The summed E-state index contributed by atoms with van der Waals surface area (Å²) in [5.41, 5.74) is 1.11. The third-order valence-electron chi connectivity index (χ3n) is 4.68. The average Bonchev–Trinajstić information content (AvgIpc) is 2.56. The Balaban J connectivity index is 1.67. The van der Waals surface area contributed by atoms with Crippen LogP contribution in [0.3, 0.4) is 0 Å². The maximum atomic E-state index is 12.2.